The Morgan fingerprint density at radius 2 is 2.00 bits per heavy atom. The zero-order chi connectivity index (χ0) is 14.9. The quantitative estimate of drug-likeness (QED) is 0.747. The van der Waals surface area contributed by atoms with Crippen molar-refractivity contribution in [2.45, 2.75) is 39.8 Å². The summed E-state index contributed by atoms with van der Waals surface area (Å²) in [5.74, 6) is 0.610. The number of rotatable bonds is 4. The van der Waals surface area contributed by atoms with E-state index in [1.807, 2.05) is 22.8 Å². The molecule has 1 heterocycles. The highest BCUT2D eigenvalue weighted by atomic mass is 16.3. The van der Waals surface area contributed by atoms with Gasteiger partial charge in [0.15, 0.2) is 0 Å². The average molecular weight is 277 g/mol. The molecule has 2 rings (SSSR count). The van der Waals surface area contributed by atoms with Crippen molar-refractivity contribution in [2.75, 3.05) is 12.3 Å². The Morgan fingerprint density at radius 3 is 2.55 bits per heavy atom. The van der Waals surface area contributed by atoms with Crippen LogP contribution in [0.3, 0.4) is 0 Å². The Kier molecular flexibility index (Phi) is 4.01. The molecular formula is C15H23N3O2. The molecule has 0 fully saturated rings. The summed E-state index contributed by atoms with van der Waals surface area (Å²) in [7, 11) is 0. The van der Waals surface area contributed by atoms with Crippen LogP contribution in [0.1, 0.15) is 39.1 Å². The first kappa shape index (κ1) is 14.8. The zero-order valence-electron chi connectivity index (χ0n) is 12.3. The number of imidazole rings is 1. The van der Waals surface area contributed by atoms with E-state index in [-0.39, 0.29) is 24.7 Å². The minimum atomic E-state index is -0.132. The fourth-order valence-electron chi connectivity index (χ4n) is 2.70. The van der Waals surface area contributed by atoms with Gasteiger partial charge in [0.2, 0.25) is 0 Å². The molecule has 110 valence electrons. The van der Waals surface area contributed by atoms with Gasteiger partial charge >= 0.3 is 0 Å². The second-order valence-corrected chi connectivity index (χ2v) is 6.20. The number of aromatic nitrogens is 2. The molecule has 0 bridgehead atoms. The van der Waals surface area contributed by atoms with Gasteiger partial charge in [-0.25, -0.2) is 4.98 Å². The van der Waals surface area contributed by atoms with Crippen LogP contribution in [0, 0.1) is 5.41 Å². The third-order valence-electron chi connectivity index (χ3n) is 3.64. The first-order valence-corrected chi connectivity index (χ1v) is 6.86. The lowest BCUT2D eigenvalue weighted by molar-refractivity contribution is 0.169. The highest BCUT2D eigenvalue weighted by molar-refractivity contribution is 5.79. The molecule has 4 N–H and O–H groups in total. The van der Waals surface area contributed by atoms with Crippen molar-refractivity contribution in [2.24, 2.45) is 5.41 Å². The van der Waals surface area contributed by atoms with Crippen LogP contribution in [0.15, 0.2) is 18.2 Å². The van der Waals surface area contributed by atoms with Crippen molar-refractivity contribution in [1.82, 2.24) is 9.55 Å². The minimum absolute atomic E-state index is 0.0539. The number of nitrogen functional groups attached to an aromatic ring is 1. The van der Waals surface area contributed by atoms with Crippen LogP contribution >= 0.6 is 0 Å². The normalized spacial score (nSPS) is 13.8. The van der Waals surface area contributed by atoms with Crippen molar-refractivity contribution < 1.29 is 10.2 Å². The zero-order valence-corrected chi connectivity index (χ0v) is 12.3. The summed E-state index contributed by atoms with van der Waals surface area (Å²) in [4.78, 5) is 4.46. The predicted octanol–water partition coefficient (Wildman–Crippen LogP) is 2.08. The molecule has 0 aliphatic rings. The standard InChI is InChI=1S/C15H23N3O2/c1-15(2,3)13(6-7-19)18-12-5-4-10(16)8-11(12)17-14(18)9-20/h4-5,8,13,19-20H,6-7,9,16H2,1-3H3. The first-order chi connectivity index (χ1) is 9.38. The molecule has 1 unspecified atom stereocenters. The van der Waals surface area contributed by atoms with Crippen LogP contribution in [0.4, 0.5) is 5.69 Å². The van der Waals surface area contributed by atoms with E-state index in [0.29, 0.717) is 17.9 Å². The number of anilines is 1. The second kappa shape index (κ2) is 5.42. The number of aliphatic hydroxyl groups is 2. The maximum atomic E-state index is 9.59. The third kappa shape index (κ3) is 2.64. The summed E-state index contributed by atoms with van der Waals surface area (Å²) < 4.78 is 2.03. The van der Waals surface area contributed by atoms with Crippen molar-refractivity contribution in [3.05, 3.63) is 24.0 Å². The van der Waals surface area contributed by atoms with E-state index < -0.39 is 0 Å². The van der Waals surface area contributed by atoms with Crippen molar-refractivity contribution in [1.29, 1.82) is 0 Å². The SMILES string of the molecule is CC(C)(C)C(CCO)n1c(CO)nc2cc(N)ccc21. The molecule has 2 aromatic rings. The van der Waals surface area contributed by atoms with Crippen LogP contribution in [0.25, 0.3) is 11.0 Å². The van der Waals surface area contributed by atoms with E-state index in [2.05, 4.69) is 25.8 Å². The number of hydrogen-bond acceptors (Lipinski definition) is 4. The molecule has 20 heavy (non-hydrogen) atoms. The monoisotopic (exact) mass is 277 g/mol. The molecule has 5 heteroatoms. The highest BCUT2D eigenvalue weighted by Gasteiger charge is 2.29. The molecule has 5 nitrogen and oxygen atoms in total. The van der Waals surface area contributed by atoms with E-state index in [1.165, 1.54) is 0 Å². The van der Waals surface area contributed by atoms with Gasteiger partial charge in [-0.3, -0.25) is 0 Å². The smallest absolute Gasteiger partial charge is 0.135 e. The van der Waals surface area contributed by atoms with Gasteiger partial charge in [-0.1, -0.05) is 20.8 Å². The number of hydrogen-bond donors (Lipinski definition) is 3. The largest absolute Gasteiger partial charge is 0.399 e. The Bertz CT molecular complexity index is 599. The van der Waals surface area contributed by atoms with Gasteiger partial charge in [0.25, 0.3) is 0 Å². The molecule has 0 amide bonds. The first-order valence-electron chi connectivity index (χ1n) is 6.86. The van der Waals surface area contributed by atoms with Gasteiger partial charge < -0.3 is 20.5 Å². The number of fused-ring (bicyclic) bond motifs is 1. The lowest BCUT2D eigenvalue weighted by atomic mass is 9.84. The maximum Gasteiger partial charge on any atom is 0.135 e. The molecule has 1 aromatic heterocycles. The third-order valence-corrected chi connectivity index (χ3v) is 3.64. The Morgan fingerprint density at radius 1 is 1.30 bits per heavy atom. The minimum Gasteiger partial charge on any atom is -0.399 e. The predicted molar refractivity (Wildman–Crippen MR) is 80.3 cm³/mol. The summed E-state index contributed by atoms with van der Waals surface area (Å²) in [6.07, 6.45) is 0.617. The summed E-state index contributed by atoms with van der Waals surface area (Å²) >= 11 is 0. The maximum absolute atomic E-state index is 9.59. The van der Waals surface area contributed by atoms with E-state index in [0.717, 1.165) is 11.0 Å². The molecular weight excluding hydrogens is 254 g/mol. The van der Waals surface area contributed by atoms with Gasteiger partial charge in [0, 0.05) is 18.3 Å². The van der Waals surface area contributed by atoms with Crippen LogP contribution < -0.4 is 5.73 Å². The van der Waals surface area contributed by atoms with Crippen molar-refractivity contribution >= 4 is 16.7 Å². The molecule has 0 saturated heterocycles. The summed E-state index contributed by atoms with van der Waals surface area (Å²) in [5.41, 5.74) is 8.11. The van der Waals surface area contributed by atoms with Crippen LogP contribution in [0.5, 0.6) is 0 Å². The average Bonchev–Trinajstić information content (AvgIpc) is 2.71. The van der Waals surface area contributed by atoms with Gasteiger partial charge in [0.05, 0.1) is 11.0 Å². The van der Waals surface area contributed by atoms with E-state index in [4.69, 9.17) is 5.73 Å². The van der Waals surface area contributed by atoms with E-state index in [9.17, 15) is 10.2 Å². The van der Waals surface area contributed by atoms with Crippen molar-refractivity contribution in [3.63, 3.8) is 0 Å². The molecule has 0 spiro atoms. The Hall–Kier alpha value is -1.59. The van der Waals surface area contributed by atoms with Crippen LogP contribution in [-0.4, -0.2) is 26.4 Å². The van der Waals surface area contributed by atoms with Crippen LogP contribution in [0.2, 0.25) is 0 Å². The number of aliphatic hydroxyl groups excluding tert-OH is 2. The fourth-order valence-corrected chi connectivity index (χ4v) is 2.70. The lowest BCUT2D eigenvalue weighted by Crippen LogP contribution is -2.27. The van der Waals surface area contributed by atoms with E-state index >= 15 is 0 Å². The van der Waals surface area contributed by atoms with E-state index in [1.54, 1.807) is 0 Å². The lowest BCUT2D eigenvalue weighted by Gasteiger charge is -2.33. The summed E-state index contributed by atoms with van der Waals surface area (Å²) in [6.45, 7) is 6.33. The topological polar surface area (TPSA) is 84.3 Å². The number of benzene rings is 1. The molecule has 0 radical (unpaired) electrons. The summed E-state index contributed by atoms with van der Waals surface area (Å²) in [5, 5.41) is 19.0. The highest BCUT2D eigenvalue weighted by Crippen LogP contribution is 2.37. The Balaban J connectivity index is 2.66. The Labute approximate surface area is 119 Å². The summed E-state index contributed by atoms with van der Waals surface area (Å²) in [6, 6.07) is 5.62. The molecule has 0 aliphatic heterocycles. The molecule has 1 aromatic carbocycles. The second-order valence-electron chi connectivity index (χ2n) is 6.20. The fraction of sp³-hybridized carbons (Fsp3) is 0.533. The molecule has 1 atom stereocenters. The number of nitrogens with two attached hydrogens (primary N) is 1. The molecule has 0 aliphatic carbocycles. The van der Waals surface area contributed by atoms with Crippen molar-refractivity contribution in [3.8, 4) is 0 Å². The van der Waals surface area contributed by atoms with Gasteiger partial charge in [-0.05, 0) is 30.0 Å². The van der Waals surface area contributed by atoms with Gasteiger partial charge in [0.1, 0.15) is 12.4 Å². The van der Waals surface area contributed by atoms with Gasteiger partial charge in [-0.2, -0.15) is 0 Å². The molecule has 0 saturated carbocycles. The van der Waals surface area contributed by atoms with Crippen LogP contribution in [-0.2, 0) is 6.61 Å². The van der Waals surface area contributed by atoms with Gasteiger partial charge in [-0.15, -0.1) is 0 Å². The number of nitrogens with zero attached hydrogens (tertiary/aromatic N) is 2.